The molecule has 1 aromatic heterocycles. The topological polar surface area (TPSA) is 86.3 Å². The minimum absolute atomic E-state index is 0.309. The molecular weight excluding hydrogens is 354 g/mol. The van der Waals surface area contributed by atoms with Gasteiger partial charge in [-0.1, -0.05) is 48.5 Å². The quantitative estimate of drug-likeness (QED) is 0.671. The number of nitrogens with zero attached hydrogens (tertiary/aromatic N) is 2. The second kappa shape index (κ2) is 6.73. The molecule has 3 aromatic rings. The first kappa shape index (κ1) is 18.1. The Morgan fingerprint density at radius 3 is 2.46 bits per heavy atom. The van der Waals surface area contributed by atoms with Crippen LogP contribution < -0.4 is 4.90 Å². The first-order valence-electron chi connectivity index (χ1n) is 9.14. The molecule has 1 aliphatic heterocycles. The molecule has 6 nitrogen and oxygen atoms in total. The third-order valence-corrected chi connectivity index (χ3v) is 5.25. The molecule has 0 saturated heterocycles. The number of hydrogen-bond donors (Lipinski definition) is 2. The molecular formula is C22H21N3O3. The highest BCUT2D eigenvalue weighted by atomic mass is 16.3. The Balaban J connectivity index is 1.71. The van der Waals surface area contributed by atoms with E-state index in [1.165, 1.54) is 0 Å². The lowest BCUT2D eigenvalue weighted by Gasteiger charge is -2.23. The number of aromatic nitrogens is 2. The molecule has 1 aliphatic rings. The van der Waals surface area contributed by atoms with Crippen LogP contribution >= 0.6 is 0 Å². The molecule has 0 radical (unpaired) electrons. The van der Waals surface area contributed by atoms with Crippen molar-refractivity contribution in [3.8, 4) is 0 Å². The molecule has 0 aliphatic carbocycles. The van der Waals surface area contributed by atoms with Gasteiger partial charge < -0.3 is 10.0 Å². The molecule has 1 unspecified atom stereocenters. The number of aromatic amines is 1. The van der Waals surface area contributed by atoms with Crippen molar-refractivity contribution in [2.24, 2.45) is 0 Å². The minimum atomic E-state index is -1.89. The number of H-pyrrole nitrogens is 1. The molecule has 6 heteroatoms. The normalized spacial score (nSPS) is 18.4. The van der Waals surface area contributed by atoms with Crippen LogP contribution in [0.3, 0.4) is 0 Å². The standard InChI is InChI=1S/C22H21N3O3/c1-14-20(15(2)24-23-14)19(26)12-22(28)17-10-6-7-11-18(17)25(21(22)27)13-16-8-4-3-5-9-16/h3-11,28H,12-13H2,1-2H3,(H,23,24). The van der Waals surface area contributed by atoms with Crippen molar-refractivity contribution >= 4 is 17.4 Å². The second-order valence-corrected chi connectivity index (χ2v) is 7.16. The molecule has 2 aromatic carbocycles. The fourth-order valence-electron chi connectivity index (χ4n) is 3.88. The third kappa shape index (κ3) is 2.82. The lowest BCUT2D eigenvalue weighted by Crippen LogP contribution is -2.41. The van der Waals surface area contributed by atoms with Crippen molar-refractivity contribution in [2.45, 2.75) is 32.4 Å². The Morgan fingerprint density at radius 2 is 1.79 bits per heavy atom. The number of ketones is 1. The van der Waals surface area contributed by atoms with Crippen molar-refractivity contribution in [1.82, 2.24) is 10.2 Å². The van der Waals surface area contributed by atoms with E-state index in [2.05, 4.69) is 10.2 Å². The van der Waals surface area contributed by atoms with Gasteiger partial charge in [-0.05, 0) is 25.5 Å². The Morgan fingerprint density at radius 1 is 1.11 bits per heavy atom. The van der Waals surface area contributed by atoms with Gasteiger partial charge in [-0.2, -0.15) is 5.10 Å². The molecule has 142 valence electrons. The molecule has 1 amide bonds. The number of rotatable bonds is 5. The van der Waals surface area contributed by atoms with Gasteiger partial charge >= 0.3 is 0 Å². The minimum Gasteiger partial charge on any atom is -0.375 e. The molecule has 0 fully saturated rings. The van der Waals surface area contributed by atoms with Gasteiger partial charge in [0.25, 0.3) is 5.91 Å². The summed E-state index contributed by atoms with van der Waals surface area (Å²) < 4.78 is 0. The number of hydrogen-bond acceptors (Lipinski definition) is 4. The van der Waals surface area contributed by atoms with Crippen molar-refractivity contribution in [3.05, 3.63) is 82.7 Å². The fourth-order valence-corrected chi connectivity index (χ4v) is 3.88. The summed E-state index contributed by atoms with van der Waals surface area (Å²) >= 11 is 0. The highest BCUT2D eigenvalue weighted by Gasteiger charge is 2.51. The average Bonchev–Trinajstić information content (AvgIpc) is 3.13. The Kier molecular flexibility index (Phi) is 4.35. The molecule has 0 bridgehead atoms. The predicted octanol–water partition coefficient (Wildman–Crippen LogP) is 3.03. The van der Waals surface area contributed by atoms with Gasteiger partial charge in [-0.25, -0.2) is 0 Å². The Labute approximate surface area is 162 Å². The van der Waals surface area contributed by atoms with Crippen molar-refractivity contribution < 1.29 is 14.7 Å². The highest BCUT2D eigenvalue weighted by Crippen LogP contribution is 2.43. The number of aliphatic hydroxyl groups is 1. The number of amides is 1. The average molecular weight is 375 g/mol. The van der Waals surface area contributed by atoms with E-state index in [4.69, 9.17) is 0 Å². The zero-order valence-corrected chi connectivity index (χ0v) is 15.8. The maximum atomic E-state index is 13.3. The third-order valence-electron chi connectivity index (χ3n) is 5.25. The summed E-state index contributed by atoms with van der Waals surface area (Å²) in [4.78, 5) is 27.8. The SMILES string of the molecule is Cc1n[nH]c(C)c1C(=O)CC1(O)C(=O)N(Cc2ccccc2)c2ccccc21. The van der Waals surface area contributed by atoms with Gasteiger partial charge in [0.2, 0.25) is 0 Å². The van der Waals surface area contributed by atoms with Gasteiger partial charge in [-0.3, -0.25) is 14.7 Å². The van der Waals surface area contributed by atoms with E-state index in [-0.39, 0.29) is 12.2 Å². The van der Waals surface area contributed by atoms with Crippen molar-refractivity contribution in [3.63, 3.8) is 0 Å². The molecule has 28 heavy (non-hydrogen) atoms. The van der Waals surface area contributed by atoms with E-state index in [0.29, 0.717) is 34.7 Å². The van der Waals surface area contributed by atoms with Crippen LogP contribution in [0.2, 0.25) is 0 Å². The van der Waals surface area contributed by atoms with E-state index >= 15 is 0 Å². The van der Waals surface area contributed by atoms with Crippen LogP contribution in [0.4, 0.5) is 5.69 Å². The smallest absolute Gasteiger partial charge is 0.264 e. The number of nitrogens with one attached hydrogen (secondary N) is 1. The van der Waals surface area contributed by atoms with Crippen LogP contribution in [0.1, 0.15) is 39.3 Å². The number of para-hydroxylation sites is 1. The van der Waals surface area contributed by atoms with Crippen LogP contribution in [0.15, 0.2) is 54.6 Å². The summed E-state index contributed by atoms with van der Waals surface area (Å²) in [6.07, 6.45) is -0.324. The summed E-state index contributed by atoms with van der Waals surface area (Å²) in [7, 11) is 0. The van der Waals surface area contributed by atoms with E-state index in [0.717, 1.165) is 5.56 Å². The zero-order valence-electron chi connectivity index (χ0n) is 15.8. The summed E-state index contributed by atoms with van der Waals surface area (Å²) in [6.45, 7) is 3.81. The Hall–Kier alpha value is -3.25. The van der Waals surface area contributed by atoms with Crippen molar-refractivity contribution in [2.75, 3.05) is 4.90 Å². The van der Waals surface area contributed by atoms with Gasteiger partial charge in [0.05, 0.1) is 29.9 Å². The van der Waals surface area contributed by atoms with Crippen LogP contribution in [0.25, 0.3) is 0 Å². The molecule has 2 N–H and O–H groups in total. The summed E-state index contributed by atoms with van der Waals surface area (Å²) in [5.74, 6) is -0.791. The van der Waals surface area contributed by atoms with E-state index < -0.39 is 11.5 Å². The predicted molar refractivity (Wildman–Crippen MR) is 105 cm³/mol. The number of Topliss-reactive ketones (excluding diaryl/α,β-unsaturated/α-hetero) is 1. The second-order valence-electron chi connectivity index (χ2n) is 7.16. The number of anilines is 1. The maximum absolute atomic E-state index is 13.3. The van der Waals surface area contributed by atoms with E-state index in [9.17, 15) is 14.7 Å². The largest absolute Gasteiger partial charge is 0.375 e. The lowest BCUT2D eigenvalue weighted by molar-refractivity contribution is -0.136. The maximum Gasteiger partial charge on any atom is 0.264 e. The van der Waals surface area contributed by atoms with Crippen LogP contribution in [0.5, 0.6) is 0 Å². The molecule has 4 rings (SSSR count). The first-order valence-corrected chi connectivity index (χ1v) is 9.14. The number of benzene rings is 2. The number of carbonyl (C=O) groups is 2. The molecule has 0 saturated carbocycles. The zero-order chi connectivity index (χ0) is 19.9. The number of fused-ring (bicyclic) bond motifs is 1. The highest BCUT2D eigenvalue weighted by molar-refractivity contribution is 6.11. The van der Waals surface area contributed by atoms with Gasteiger partial charge in [0.15, 0.2) is 11.4 Å². The monoisotopic (exact) mass is 375 g/mol. The van der Waals surface area contributed by atoms with E-state index in [1.54, 1.807) is 36.9 Å². The summed E-state index contributed by atoms with van der Waals surface area (Å²) in [5.41, 5.74) is 1.77. The number of aryl methyl sites for hydroxylation is 2. The van der Waals surface area contributed by atoms with Crippen LogP contribution in [0, 0.1) is 13.8 Å². The van der Waals surface area contributed by atoms with Crippen LogP contribution in [-0.2, 0) is 16.9 Å². The molecule has 1 atom stereocenters. The van der Waals surface area contributed by atoms with E-state index in [1.807, 2.05) is 36.4 Å². The van der Waals surface area contributed by atoms with Gasteiger partial charge in [0, 0.05) is 11.3 Å². The summed E-state index contributed by atoms with van der Waals surface area (Å²) in [6, 6.07) is 16.7. The molecule has 2 heterocycles. The first-order chi connectivity index (χ1) is 13.4. The van der Waals surface area contributed by atoms with Gasteiger partial charge in [0.1, 0.15) is 0 Å². The lowest BCUT2D eigenvalue weighted by atomic mass is 9.87. The van der Waals surface area contributed by atoms with Crippen molar-refractivity contribution in [1.29, 1.82) is 0 Å². The van der Waals surface area contributed by atoms with Crippen LogP contribution in [-0.4, -0.2) is 27.0 Å². The molecule has 0 spiro atoms. The summed E-state index contributed by atoms with van der Waals surface area (Å²) in [5, 5.41) is 18.2. The Bertz CT molecular complexity index is 1040. The fraction of sp³-hybridized carbons (Fsp3) is 0.227. The number of carbonyl (C=O) groups excluding carboxylic acids is 2. The van der Waals surface area contributed by atoms with Gasteiger partial charge in [-0.15, -0.1) is 0 Å².